The third kappa shape index (κ3) is 3.41. The van der Waals surface area contributed by atoms with Gasteiger partial charge in [0.1, 0.15) is 11.6 Å². The molecule has 32 heavy (non-hydrogen) atoms. The van der Waals surface area contributed by atoms with Crippen molar-refractivity contribution in [1.82, 2.24) is 10.2 Å². The minimum atomic E-state index is -0.619. The molecule has 0 aliphatic carbocycles. The van der Waals surface area contributed by atoms with Gasteiger partial charge >= 0.3 is 0 Å². The molecule has 0 amide bonds. The lowest BCUT2D eigenvalue weighted by molar-refractivity contribution is 0.311. The van der Waals surface area contributed by atoms with Gasteiger partial charge in [-0.25, -0.2) is 0 Å². The molecule has 9 nitrogen and oxygen atoms in total. The molecular formula is C23H22N4O5. The molecule has 0 fully saturated rings. The van der Waals surface area contributed by atoms with Gasteiger partial charge in [0.05, 0.1) is 38.0 Å². The van der Waals surface area contributed by atoms with Crippen LogP contribution in [0.5, 0.6) is 28.9 Å². The quantitative estimate of drug-likeness (QED) is 0.537. The molecule has 1 aliphatic rings. The van der Waals surface area contributed by atoms with Crippen molar-refractivity contribution in [2.24, 2.45) is 5.73 Å². The summed E-state index contributed by atoms with van der Waals surface area (Å²) in [4.78, 5) is 0. The third-order valence-corrected chi connectivity index (χ3v) is 5.23. The van der Waals surface area contributed by atoms with Crippen LogP contribution in [0.3, 0.4) is 0 Å². The Bertz CT molecular complexity index is 1240. The van der Waals surface area contributed by atoms with Gasteiger partial charge in [-0.15, -0.1) is 5.10 Å². The number of nitrogens with two attached hydrogens (primary N) is 1. The van der Waals surface area contributed by atoms with Crippen LogP contribution in [0.4, 0.5) is 0 Å². The molecule has 0 saturated carbocycles. The van der Waals surface area contributed by atoms with Crippen LogP contribution in [-0.2, 0) is 0 Å². The highest BCUT2D eigenvalue weighted by Crippen LogP contribution is 2.47. The number of methoxy groups -OCH3 is 2. The summed E-state index contributed by atoms with van der Waals surface area (Å²) in [5.74, 6) is 1.03. The first-order chi connectivity index (χ1) is 15.5. The fourth-order valence-electron chi connectivity index (χ4n) is 3.78. The van der Waals surface area contributed by atoms with Gasteiger partial charge < -0.3 is 29.8 Å². The second-order valence-corrected chi connectivity index (χ2v) is 6.97. The predicted octanol–water partition coefficient (Wildman–Crippen LogP) is 3.42. The fraction of sp³-hybridized carbons (Fsp3) is 0.217. The Balaban J connectivity index is 1.89. The number of H-pyrrole nitrogens is 1. The Morgan fingerprint density at radius 1 is 1.16 bits per heavy atom. The molecule has 1 aromatic heterocycles. The largest absolute Gasteiger partial charge is 0.504 e. The Morgan fingerprint density at radius 3 is 2.56 bits per heavy atom. The molecule has 1 aliphatic heterocycles. The van der Waals surface area contributed by atoms with Crippen molar-refractivity contribution < 1.29 is 24.1 Å². The van der Waals surface area contributed by atoms with Crippen molar-refractivity contribution in [3.63, 3.8) is 0 Å². The van der Waals surface area contributed by atoms with Gasteiger partial charge in [0.25, 0.3) is 0 Å². The summed E-state index contributed by atoms with van der Waals surface area (Å²) in [6.45, 7) is 2.40. The molecule has 0 radical (unpaired) electrons. The van der Waals surface area contributed by atoms with Crippen molar-refractivity contribution >= 4 is 0 Å². The zero-order valence-corrected chi connectivity index (χ0v) is 17.8. The van der Waals surface area contributed by atoms with E-state index in [-0.39, 0.29) is 23.1 Å². The maximum absolute atomic E-state index is 10.3. The number of benzene rings is 2. The Labute approximate surface area is 184 Å². The number of allylic oxidation sites excluding steroid dienone is 1. The highest BCUT2D eigenvalue weighted by Gasteiger charge is 2.36. The fourth-order valence-corrected chi connectivity index (χ4v) is 3.78. The number of phenolic OH excluding ortho intramolecular Hbond substituents is 1. The molecule has 4 rings (SSSR count). The van der Waals surface area contributed by atoms with E-state index in [1.54, 1.807) is 31.4 Å². The van der Waals surface area contributed by atoms with Crippen LogP contribution >= 0.6 is 0 Å². The number of nitrogens with one attached hydrogen (secondary N) is 1. The van der Waals surface area contributed by atoms with E-state index in [4.69, 9.17) is 24.7 Å². The van der Waals surface area contributed by atoms with Gasteiger partial charge in [-0.1, -0.05) is 6.07 Å². The van der Waals surface area contributed by atoms with Crippen LogP contribution in [0.15, 0.2) is 47.9 Å². The Kier molecular flexibility index (Phi) is 5.52. The first kappa shape index (κ1) is 20.9. The van der Waals surface area contributed by atoms with Crippen molar-refractivity contribution in [2.45, 2.75) is 12.8 Å². The average Bonchev–Trinajstić information content (AvgIpc) is 3.21. The first-order valence-electron chi connectivity index (χ1n) is 9.86. The minimum Gasteiger partial charge on any atom is -0.504 e. The standard InChI is InChI=1S/C23H22N4O5/c1-4-31-17-8-6-13(10-18(17)30-3)21-20-19(12-5-7-16(29-2)15(28)9-12)14(11-24)22(25)32-23(20)27-26-21/h5-10,19,28H,4,25H2,1-3H3,(H,26,27). The van der Waals surface area contributed by atoms with Crippen molar-refractivity contribution in [3.05, 3.63) is 59.0 Å². The summed E-state index contributed by atoms with van der Waals surface area (Å²) in [5, 5.41) is 27.4. The van der Waals surface area contributed by atoms with Gasteiger partial charge in [-0.05, 0) is 42.8 Å². The first-order valence-corrected chi connectivity index (χ1v) is 9.86. The Hall–Kier alpha value is -4.32. The normalized spacial score (nSPS) is 14.9. The molecule has 0 spiro atoms. The molecular weight excluding hydrogens is 412 g/mol. The highest BCUT2D eigenvalue weighted by molar-refractivity contribution is 5.73. The summed E-state index contributed by atoms with van der Waals surface area (Å²) >= 11 is 0. The lowest BCUT2D eigenvalue weighted by Gasteiger charge is -2.24. The van der Waals surface area contributed by atoms with E-state index in [1.165, 1.54) is 7.11 Å². The molecule has 2 heterocycles. The second kappa shape index (κ2) is 8.43. The third-order valence-electron chi connectivity index (χ3n) is 5.23. The van der Waals surface area contributed by atoms with E-state index < -0.39 is 5.92 Å². The van der Waals surface area contributed by atoms with Crippen molar-refractivity contribution in [2.75, 3.05) is 20.8 Å². The van der Waals surface area contributed by atoms with Gasteiger partial charge in [0, 0.05) is 5.56 Å². The molecule has 1 unspecified atom stereocenters. The number of nitriles is 1. The van der Waals surface area contributed by atoms with Crippen LogP contribution in [0, 0.1) is 11.3 Å². The number of hydrogen-bond acceptors (Lipinski definition) is 8. The molecule has 9 heteroatoms. The van der Waals surface area contributed by atoms with E-state index in [9.17, 15) is 10.4 Å². The van der Waals surface area contributed by atoms with Crippen LogP contribution < -0.4 is 24.7 Å². The average molecular weight is 434 g/mol. The summed E-state index contributed by atoms with van der Waals surface area (Å²) in [6.07, 6.45) is 0. The minimum absolute atomic E-state index is 0.0392. The van der Waals surface area contributed by atoms with Crippen molar-refractivity contribution in [1.29, 1.82) is 5.26 Å². The number of hydrogen-bond donors (Lipinski definition) is 3. The van der Waals surface area contributed by atoms with Crippen molar-refractivity contribution in [3.8, 4) is 46.2 Å². The van der Waals surface area contributed by atoms with Gasteiger partial charge in [-0.3, -0.25) is 5.10 Å². The van der Waals surface area contributed by atoms with Gasteiger partial charge in [-0.2, -0.15) is 5.26 Å². The number of aromatic nitrogens is 2. The lowest BCUT2D eigenvalue weighted by atomic mass is 9.83. The monoisotopic (exact) mass is 434 g/mol. The number of nitrogens with zero attached hydrogens (tertiary/aromatic N) is 2. The van der Waals surface area contributed by atoms with E-state index in [2.05, 4.69) is 16.3 Å². The summed E-state index contributed by atoms with van der Waals surface area (Å²) in [6, 6.07) is 12.5. The zero-order chi connectivity index (χ0) is 22.8. The molecule has 2 aromatic carbocycles. The maximum atomic E-state index is 10.3. The van der Waals surface area contributed by atoms with Crippen LogP contribution in [0.25, 0.3) is 11.3 Å². The van der Waals surface area contributed by atoms with E-state index in [0.29, 0.717) is 40.7 Å². The number of fused-ring (bicyclic) bond motifs is 1. The number of aromatic amines is 1. The smallest absolute Gasteiger partial charge is 0.244 e. The maximum Gasteiger partial charge on any atom is 0.244 e. The molecule has 0 saturated heterocycles. The Morgan fingerprint density at radius 2 is 1.91 bits per heavy atom. The van der Waals surface area contributed by atoms with E-state index in [1.807, 2.05) is 19.1 Å². The molecule has 3 aromatic rings. The number of ether oxygens (including phenoxy) is 4. The van der Waals surface area contributed by atoms with E-state index in [0.717, 1.165) is 5.56 Å². The molecule has 4 N–H and O–H groups in total. The molecule has 0 bridgehead atoms. The second-order valence-electron chi connectivity index (χ2n) is 6.97. The number of phenols is 1. The summed E-state index contributed by atoms with van der Waals surface area (Å²) in [7, 11) is 3.03. The molecule has 164 valence electrons. The topological polar surface area (TPSA) is 136 Å². The van der Waals surface area contributed by atoms with Gasteiger partial charge in [0.15, 0.2) is 23.0 Å². The van der Waals surface area contributed by atoms with E-state index >= 15 is 0 Å². The molecule has 1 atom stereocenters. The zero-order valence-electron chi connectivity index (χ0n) is 17.8. The summed E-state index contributed by atoms with van der Waals surface area (Å²) in [5.41, 5.74) is 8.87. The highest BCUT2D eigenvalue weighted by atomic mass is 16.5. The van der Waals surface area contributed by atoms with Crippen LogP contribution in [0.2, 0.25) is 0 Å². The number of aromatic hydroxyl groups is 1. The SMILES string of the molecule is CCOc1ccc(-c2[nH]nc3c2C(c2ccc(OC)c(O)c2)C(C#N)=C(N)O3)cc1OC. The summed E-state index contributed by atoms with van der Waals surface area (Å²) < 4.78 is 21.9. The van der Waals surface area contributed by atoms with Crippen LogP contribution in [-0.4, -0.2) is 36.1 Å². The van der Waals surface area contributed by atoms with Gasteiger partial charge in [0.2, 0.25) is 11.8 Å². The lowest BCUT2D eigenvalue weighted by Crippen LogP contribution is -2.21. The number of rotatable bonds is 6. The predicted molar refractivity (Wildman–Crippen MR) is 116 cm³/mol. The van der Waals surface area contributed by atoms with Crippen LogP contribution in [0.1, 0.15) is 24.0 Å².